The van der Waals surface area contributed by atoms with E-state index in [1.54, 1.807) is 24.3 Å². The van der Waals surface area contributed by atoms with Crippen LogP contribution in [0.3, 0.4) is 0 Å². The van der Waals surface area contributed by atoms with Crippen LogP contribution in [0.1, 0.15) is 18.1 Å². The molecule has 0 heterocycles. The Morgan fingerprint density at radius 3 is 2.59 bits per heavy atom. The predicted octanol–water partition coefficient (Wildman–Crippen LogP) is 3.82. The Morgan fingerprint density at radius 2 is 1.81 bits per heavy atom. The monoisotopic (exact) mass is 358 g/mol. The molecule has 1 N–H and O–H groups in total. The van der Waals surface area contributed by atoms with E-state index in [-0.39, 0.29) is 6.42 Å². The summed E-state index contributed by atoms with van der Waals surface area (Å²) < 4.78 is 5.24. The number of hydrogen-bond acceptors (Lipinski definition) is 4. The number of carbonyl (C=O) groups is 2. The van der Waals surface area contributed by atoms with Crippen molar-refractivity contribution in [3.63, 3.8) is 0 Å². The molecular weight excluding hydrogens is 340 g/mol. The first-order valence-corrected chi connectivity index (χ1v) is 8.53. The lowest BCUT2D eigenvalue weighted by atomic mass is 10.1. The summed E-state index contributed by atoms with van der Waals surface area (Å²) in [6, 6.07) is 22.2. The maximum atomic E-state index is 12.2. The topological polar surface area (TPSA) is 79.2 Å². The van der Waals surface area contributed by atoms with Gasteiger partial charge in [0.2, 0.25) is 0 Å². The summed E-state index contributed by atoms with van der Waals surface area (Å²) in [5, 5.41) is 13.7. The average molecular weight is 358 g/mol. The third kappa shape index (κ3) is 4.71. The van der Waals surface area contributed by atoms with Gasteiger partial charge in [0.05, 0.1) is 18.1 Å². The Labute approximate surface area is 157 Å². The Balaban J connectivity index is 1.59. The summed E-state index contributed by atoms with van der Waals surface area (Å²) in [6.07, 6.45) is -0.851. The SMILES string of the molecule is C[C@@H](OC(=O)Cc1ccc2ccccc2c1)C(=O)Nc1cccc(C#N)c1. The smallest absolute Gasteiger partial charge is 0.311 e. The highest BCUT2D eigenvalue weighted by atomic mass is 16.5. The van der Waals surface area contributed by atoms with Crippen LogP contribution in [-0.4, -0.2) is 18.0 Å². The summed E-state index contributed by atoms with van der Waals surface area (Å²) in [7, 11) is 0. The Kier molecular flexibility index (Phi) is 5.48. The number of hydrogen-bond donors (Lipinski definition) is 1. The van der Waals surface area contributed by atoms with E-state index in [9.17, 15) is 9.59 Å². The summed E-state index contributed by atoms with van der Waals surface area (Å²) in [5.41, 5.74) is 1.75. The van der Waals surface area contributed by atoms with Crippen LogP contribution in [0, 0.1) is 11.3 Å². The molecule has 5 nitrogen and oxygen atoms in total. The highest BCUT2D eigenvalue weighted by Gasteiger charge is 2.18. The molecule has 0 aromatic heterocycles. The molecule has 0 spiro atoms. The number of fused-ring (bicyclic) bond motifs is 1. The lowest BCUT2D eigenvalue weighted by Gasteiger charge is -2.14. The molecule has 134 valence electrons. The molecule has 27 heavy (non-hydrogen) atoms. The second-order valence-corrected chi connectivity index (χ2v) is 6.17. The summed E-state index contributed by atoms with van der Waals surface area (Å²) in [6.45, 7) is 1.52. The van der Waals surface area contributed by atoms with Crippen LogP contribution in [-0.2, 0) is 20.7 Å². The molecule has 3 aromatic carbocycles. The number of nitriles is 1. The highest BCUT2D eigenvalue weighted by molar-refractivity contribution is 5.95. The second kappa shape index (κ2) is 8.15. The third-order valence-electron chi connectivity index (χ3n) is 4.10. The third-order valence-corrected chi connectivity index (χ3v) is 4.10. The molecule has 0 aliphatic rings. The van der Waals surface area contributed by atoms with E-state index in [0.717, 1.165) is 16.3 Å². The number of nitrogens with zero attached hydrogens (tertiary/aromatic N) is 1. The van der Waals surface area contributed by atoms with Crippen molar-refractivity contribution >= 4 is 28.3 Å². The maximum absolute atomic E-state index is 12.2. The van der Waals surface area contributed by atoms with Crippen molar-refractivity contribution in [2.45, 2.75) is 19.4 Å². The first-order valence-electron chi connectivity index (χ1n) is 8.53. The van der Waals surface area contributed by atoms with E-state index in [4.69, 9.17) is 10.00 Å². The molecule has 0 aliphatic heterocycles. The van der Waals surface area contributed by atoms with Crippen molar-refractivity contribution in [1.82, 2.24) is 0 Å². The molecule has 0 fully saturated rings. The van der Waals surface area contributed by atoms with Crippen LogP contribution in [0.4, 0.5) is 5.69 Å². The standard InChI is InChI=1S/C22H18N2O3/c1-15(22(26)24-20-8-4-5-17(12-20)14-23)27-21(25)13-16-9-10-18-6-2-3-7-19(18)11-16/h2-12,15H,13H2,1H3,(H,24,26)/t15-/m1/s1. The highest BCUT2D eigenvalue weighted by Crippen LogP contribution is 2.16. The molecule has 0 radical (unpaired) electrons. The van der Waals surface area contributed by atoms with Crippen LogP contribution in [0.15, 0.2) is 66.7 Å². The lowest BCUT2D eigenvalue weighted by Crippen LogP contribution is -2.30. The van der Waals surface area contributed by atoms with Gasteiger partial charge in [-0.15, -0.1) is 0 Å². The minimum atomic E-state index is -0.941. The van der Waals surface area contributed by atoms with Gasteiger partial charge in [-0.25, -0.2) is 0 Å². The normalized spacial score (nSPS) is 11.4. The largest absolute Gasteiger partial charge is 0.452 e. The molecule has 0 saturated carbocycles. The van der Waals surface area contributed by atoms with Crippen molar-refractivity contribution < 1.29 is 14.3 Å². The molecule has 3 rings (SSSR count). The molecule has 0 saturated heterocycles. The Hall–Kier alpha value is -3.65. The zero-order valence-corrected chi connectivity index (χ0v) is 14.8. The van der Waals surface area contributed by atoms with Gasteiger partial charge in [-0.3, -0.25) is 9.59 Å². The van der Waals surface area contributed by atoms with Gasteiger partial charge in [-0.05, 0) is 41.5 Å². The molecule has 0 bridgehead atoms. The van der Waals surface area contributed by atoms with E-state index in [2.05, 4.69) is 5.32 Å². The number of nitrogens with one attached hydrogen (secondary N) is 1. The number of benzene rings is 3. The summed E-state index contributed by atoms with van der Waals surface area (Å²) in [5.74, 6) is -0.921. The fraction of sp³-hybridized carbons (Fsp3) is 0.136. The molecule has 0 unspecified atom stereocenters. The van der Waals surface area contributed by atoms with E-state index in [1.807, 2.05) is 48.5 Å². The summed E-state index contributed by atoms with van der Waals surface area (Å²) >= 11 is 0. The lowest BCUT2D eigenvalue weighted by molar-refractivity contribution is -0.152. The van der Waals surface area contributed by atoms with Gasteiger partial charge < -0.3 is 10.1 Å². The van der Waals surface area contributed by atoms with Crippen LogP contribution in [0.25, 0.3) is 10.8 Å². The quantitative estimate of drug-likeness (QED) is 0.703. The van der Waals surface area contributed by atoms with Crippen molar-refractivity contribution in [3.8, 4) is 6.07 Å². The van der Waals surface area contributed by atoms with E-state index in [1.165, 1.54) is 6.92 Å². The first-order chi connectivity index (χ1) is 13.0. The van der Waals surface area contributed by atoms with Crippen molar-refractivity contribution in [2.75, 3.05) is 5.32 Å². The van der Waals surface area contributed by atoms with Gasteiger partial charge >= 0.3 is 5.97 Å². The minimum absolute atomic E-state index is 0.0897. The van der Waals surface area contributed by atoms with Gasteiger partial charge in [0.25, 0.3) is 5.91 Å². The van der Waals surface area contributed by atoms with E-state index >= 15 is 0 Å². The molecular formula is C22H18N2O3. The fourth-order valence-corrected chi connectivity index (χ4v) is 2.72. The van der Waals surface area contributed by atoms with Crippen LogP contribution >= 0.6 is 0 Å². The number of amides is 1. The van der Waals surface area contributed by atoms with Crippen molar-refractivity contribution in [3.05, 3.63) is 77.9 Å². The minimum Gasteiger partial charge on any atom is -0.452 e. The summed E-state index contributed by atoms with van der Waals surface area (Å²) in [4.78, 5) is 24.4. The van der Waals surface area contributed by atoms with E-state index in [0.29, 0.717) is 11.3 Å². The van der Waals surface area contributed by atoms with Crippen LogP contribution in [0.2, 0.25) is 0 Å². The molecule has 1 amide bonds. The number of carbonyl (C=O) groups excluding carboxylic acids is 2. The average Bonchev–Trinajstić information content (AvgIpc) is 2.67. The Bertz CT molecular complexity index is 1040. The van der Waals surface area contributed by atoms with Crippen LogP contribution in [0.5, 0.6) is 0 Å². The maximum Gasteiger partial charge on any atom is 0.311 e. The van der Waals surface area contributed by atoms with Gasteiger partial charge in [0.1, 0.15) is 0 Å². The zero-order chi connectivity index (χ0) is 19.2. The van der Waals surface area contributed by atoms with Crippen molar-refractivity contribution in [1.29, 1.82) is 5.26 Å². The van der Waals surface area contributed by atoms with Gasteiger partial charge in [0.15, 0.2) is 6.10 Å². The van der Waals surface area contributed by atoms with Gasteiger partial charge in [-0.2, -0.15) is 5.26 Å². The Morgan fingerprint density at radius 1 is 1.04 bits per heavy atom. The number of anilines is 1. The molecule has 1 atom stereocenters. The van der Waals surface area contributed by atoms with Gasteiger partial charge in [-0.1, -0.05) is 48.5 Å². The first kappa shape index (κ1) is 18.2. The van der Waals surface area contributed by atoms with E-state index < -0.39 is 18.0 Å². The fourth-order valence-electron chi connectivity index (χ4n) is 2.72. The van der Waals surface area contributed by atoms with Crippen LogP contribution < -0.4 is 5.32 Å². The number of esters is 1. The zero-order valence-electron chi connectivity index (χ0n) is 14.8. The van der Waals surface area contributed by atoms with Crippen molar-refractivity contribution in [2.24, 2.45) is 0 Å². The molecule has 0 aliphatic carbocycles. The van der Waals surface area contributed by atoms with Gasteiger partial charge in [0, 0.05) is 5.69 Å². The molecule has 5 heteroatoms. The molecule has 3 aromatic rings. The number of rotatable bonds is 5. The number of ether oxygens (including phenoxy) is 1. The predicted molar refractivity (Wildman–Crippen MR) is 103 cm³/mol. The second-order valence-electron chi connectivity index (χ2n) is 6.17.